The first kappa shape index (κ1) is 10.0. The first-order valence-corrected chi connectivity index (χ1v) is 6.29. The van der Waals surface area contributed by atoms with Gasteiger partial charge in [0, 0.05) is 27.8 Å². The zero-order valence-corrected chi connectivity index (χ0v) is 8.93. The van der Waals surface area contributed by atoms with Crippen LogP contribution < -0.4 is 0 Å². The van der Waals surface area contributed by atoms with E-state index in [9.17, 15) is 8.42 Å². The zero-order chi connectivity index (χ0) is 11.1. The van der Waals surface area contributed by atoms with Crippen molar-refractivity contribution in [1.82, 2.24) is 4.98 Å². The molecule has 0 aliphatic heterocycles. The monoisotopic (exact) mass is 240 g/mol. The maximum Gasteiger partial charge on any atom is 0.263 e. The van der Waals surface area contributed by atoms with Crippen LogP contribution in [0.4, 0.5) is 0 Å². The van der Waals surface area contributed by atoms with E-state index in [2.05, 4.69) is 4.98 Å². The van der Waals surface area contributed by atoms with Gasteiger partial charge < -0.3 is 4.98 Å². The molecule has 2 rings (SSSR count). The number of fused-ring (bicyclic) bond motifs is 1. The lowest BCUT2D eigenvalue weighted by Gasteiger charge is -1.93. The van der Waals surface area contributed by atoms with E-state index in [0.29, 0.717) is 16.5 Å². The van der Waals surface area contributed by atoms with Gasteiger partial charge in [0.1, 0.15) is 4.90 Å². The van der Waals surface area contributed by atoms with E-state index in [1.807, 2.05) is 6.07 Å². The Hall–Kier alpha value is -1.51. The summed E-state index contributed by atoms with van der Waals surface area (Å²) in [6.07, 6.45) is 1.31. The molecule has 0 atom stereocenters. The number of nitrogens with zero attached hydrogens (tertiary/aromatic N) is 1. The highest BCUT2D eigenvalue weighted by Crippen LogP contribution is 2.26. The SMILES string of the molecule is N#Cc1ccc2[nH]cc(S(=O)(=O)Cl)c2c1. The van der Waals surface area contributed by atoms with Gasteiger partial charge in [-0.25, -0.2) is 8.42 Å². The molecule has 2 aromatic rings. The first-order chi connectivity index (χ1) is 7.02. The van der Waals surface area contributed by atoms with Crippen molar-refractivity contribution in [2.24, 2.45) is 0 Å². The topological polar surface area (TPSA) is 73.7 Å². The molecule has 1 heterocycles. The second kappa shape index (κ2) is 3.26. The molecule has 0 saturated carbocycles. The number of benzene rings is 1. The Balaban J connectivity index is 2.85. The Labute approximate surface area is 90.5 Å². The van der Waals surface area contributed by atoms with Gasteiger partial charge in [-0.1, -0.05) is 0 Å². The molecule has 0 aliphatic rings. The summed E-state index contributed by atoms with van der Waals surface area (Å²) in [5, 5.41) is 9.12. The van der Waals surface area contributed by atoms with Crippen LogP contribution in [0.1, 0.15) is 5.56 Å². The van der Waals surface area contributed by atoms with Crippen LogP contribution in [0, 0.1) is 11.3 Å². The van der Waals surface area contributed by atoms with Gasteiger partial charge >= 0.3 is 0 Å². The van der Waals surface area contributed by atoms with E-state index in [4.69, 9.17) is 15.9 Å². The number of rotatable bonds is 1. The van der Waals surface area contributed by atoms with E-state index >= 15 is 0 Å². The molecule has 4 nitrogen and oxygen atoms in total. The fourth-order valence-electron chi connectivity index (χ4n) is 1.37. The number of nitriles is 1. The molecule has 15 heavy (non-hydrogen) atoms. The minimum atomic E-state index is -3.78. The van der Waals surface area contributed by atoms with Crippen LogP contribution >= 0.6 is 10.7 Å². The number of aromatic nitrogens is 1. The minimum Gasteiger partial charge on any atom is -0.360 e. The van der Waals surface area contributed by atoms with Gasteiger partial charge in [-0.05, 0) is 18.2 Å². The fourth-order valence-corrected chi connectivity index (χ4v) is 2.38. The van der Waals surface area contributed by atoms with Crippen molar-refractivity contribution in [3.63, 3.8) is 0 Å². The molecule has 0 fully saturated rings. The van der Waals surface area contributed by atoms with E-state index in [1.54, 1.807) is 12.1 Å². The van der Waals surface area contributed by atoms with Crippen molar-refractivity contribution in [2.45, 2.75) is 4.90 Å². The summed E-state index contributed by atoms with van der Waals surface area (Å²) in [4.78, 5) is 2.77. The largest absolute Gasteiger partial charge is 0.360 e. The Kier molecular flexibility index (Phi) is 2.18. The predicted octanol–water partition coefficient (Wildman–Crippen LogP) is 1.97. The number of aromatic amines is 1. The molecule has 1 aromatic carbocycles. The molecular weight excluding hydrogens is 236 g/mol. The molecule has 0 aliphatic carbocycles. The van der Waals surface area contributed by atoms with Gasteiger partial charge in [0.15, 0.2) is 0 Å². The third-order valence-corrected chi connectivity index (χ3v) is 3.40. The smallest absolute Gasteiger partial charge is 0.263 e. The highest BCUT2D eigenvalue weighted by atomic mass is 35.7. The Morgan fingerprint density at radius 3 is 2.73 bits per heavy atom. The van der Waals surface area contributed by atoms with Crippen molar-refractivity contribution in [2.75, 3.05) is 0 Å². The number of H-pyrrole nitrogens is 1. The Bertz CT molecular complexity index is 667. The molecule has 76 valence electrons. The lowest BCUT2D eigenvalue weighted by molar-refractivity contribution is 0.610. The van der Waals surface area contributed by atoms with Crippen molar-refractivity contribution in [1.29, 1.82) is 5.26 Å². The van der Waals surface area contributed by atoms with Crippen molar-refractivity contribution >= 4 is 30.6 Å². The van der Waals surface area contributed by atoms with Crippen LogP contribution in [0.15, 0.2) is 29.3 Å². The van der Waals surface area contributed by atoms with Crippen LogP contribution in [0.5, 0.6) is 0 Å². The van der Waals surface area contributed by atoms with Crippen molar-refractivity contribution in [3.8, 4) is 6.07 Å². The lowest BCUT2D eigenvalue weighted by atomic mass is 10.2. The molecular formula is C9H5ClN2O2S. The second-order valence-electron chi connectivity index (χ2n) is 2.96. The van der Waals surface area contributed by atoms with E-state index < -0.39 is 9.05 Å². The predicted molar refractivity (Wildman–Crippen MR) is 56.1 cm³/mol. The first-order valence-electron chi connectivity index (χ1n) is 3.98. The third kappa shape index (κ3) is 1.69. The Morgan fingerprint density at radius 1 is 1.40 bits per heavy atom. The van der Waals surface area contributed by atoms with Crippen LogP contribution in [-0.4, -0.2) is 13.4 Å². The second-order valence-corrected chi connectivity index (χ2v) is 5.50. The van der Waals surface area contributed by atoms with E-state index in [-0.39, 0.29) is 4.90 Å². The third-order valence-electron chi connectivity index (χ3n) is 2.04. The van der Waals surface area contributed by atoms with Crippen LogP contribution in [-0.2, 0) is 9.05 Å². The summed E-state index contributed by atoms with van der Waals surface area (Å²) >= 11 is 0. The maximum atomic E-state index is 11.2. The van der Waals surface area contributed by atoms with Gasteiger partial charge in [-0.2, -0.15) is 5.26 Å². The molecule has 0 unspecified atom stereocenters. The highest BCUT2D eigenvalue weighted by molar-refractivity contribution is 8.14. The summed E-state index contributed by atoms with van der Waals surface area (Å²) in [6, 6.07) is 6.66. The maximum absolute atomic E-state index is 11.2. The van der Waals surface area contributed by atoms with E-state index in [1.165, 1.54) is 12.3 Å². The summed E-state index contributed by atoms with van der Waals surface area (Å²) < 4.78 is 22.3. The van der Waals surface area contributed by atoms with Gasteiger partial charge in [-0.3, -0.25) is 0 Å². The molecule has 1 aromatic heterocycles. The average molecular weight is 241 g/mol. The summed E-state index contributed by atoms with van der Waals surface area (Å²) in [6.45, 7) is 0. The molecule has 0 amide bonds. The quantitative estimate of drug-likeness (QED) is 0.775. The summed E-state index contributed by atoms with van der Waals surface area (Å²) in [7, 11) is 1.46. The van der Waals surface area contributed by atoms with Gasteiger partial charge in [0.05, 0.1) is 11.6 Å². The number of halogens is 1. The van der Waals surface area contributed by atoms with Crippen LogP contribution in [0.3, 0.4) is 0 Å². The van der Waals surface area contributed by atoms with Crippen LogP contribution in [0.25, 0.3) is 10.9 Å². The number of hydrogen-bond donors (Lipinski definition) is 1. The molecule has 0 radical (unpaired) electrons. The summed E-state index contributed by atoms with van der Waals surface area (Å²) in [5.41, 5.74) is 1.02. The van der Waals surface area contributed by atoms with Gasteiger partial charge in [0.2, 0.25) is 0 Å². The summed E-state index contributed by atoms with van der Waals surface area (Å²) in [5.74, 6) is 0. The molecule has 6 heteroatoms. The molecule has 1 N–H and O–H groups in total. The molecule has 0 bridgehead atoms. The number of nitrogens with one attached hydrogen (secondary N) is 1. The fraction of sp³-hybridized carbons (Fsp3) is 0. The van der Waals surface area contributed by atoms with Crippen molar-refractivity contribution in [3.05, 3.63) is 30.0 Å². The zero-order valence-electron chi connectivity index (χ0n) is 7.36. The Morgan fingerprint density at radius 2 is 2.13 bits per heavy atom. The molecule has 0 spiro atoms. The lowest BCUT2D eigenvalue weighted by Crippen LogP contribution is -1.87. The molecule has 0 saturated heterocycles. The normalized spacial score (nSPS) is 11.5. The number of hydrogen-bond acceptors (Lipinski definition) is 3. The van der Waals surface area contributed by atoms with Gasteiger partial charge in [0.25, 0.3) is 9.05 Å². The van der Waals surface area contributed by atoms with Crippen LogP contribution in [0.2, 0.25) is 0 Å². The average Bonchev–Trinajstić information content (AvgIpc) is 2.59. The van der Waals surface area contributed by atoms with Gasteiger partial charge in [-0.15, -0.1) is 0 Å². The van der Waals surface area contributed by atoms with E-state index in [0.717, 1.165) is 0 Å². The highest BCUT2D eigenvalue weighted by Gasteiger charge is 2.15. The standard InChI is InChI=1S/C9H5ClN2O2S/c10-15(13,14)9-5-12-8-2-1-6(4-11)3-7(8)9/h1-3,5,12H. The van der Waals surface area contributed by atoms with Crippen molar-refractivity contribution < 1.29 is 8.42 Å². The minimum absolute atomic E-state index is 0.00346.